The molecule has 1 aromatic rings. The molecule has 0 aromatic heterocycles. The summed E-state index contributed by atoms with van der Waals surface area (Å²) in [6.45, 7) is 1.74. The van der Waals surface area contributed by atoms with Crippen molar-refractivity contribution >= 4 is 28.6 Å². The van der Waals surface area contributed by atoms with E-state index in [4.69, 9.17) is 9.84 Å². The molecule has 0 radical (unpaired) electrons. The first-order valence-electron chi connectivity index (χ1n) is 4.28. The highest BCUT2D eigenvalue weighted by atomic mass is 127. The Bertz CT molecular complexity index is 325. The van der Waals surface area contributed by atoms with Gasteiger partial charge in [0.15, 0.2) is 0 Å². The van der Waals surface area contributed by atoms with Crippen molar-refractivity contribution in [3.05, 3.63) is 33.4 Å². The summed E-state index contributed by atoms with van der Waals surface area (Å²) in [6, 6.07) is 7.09. The lowest BCUT2D eigenvalue weighted by atomic mass is 10.2. The van der Waals surface area contributed by atoms with Crippen molar-refractivity contribution in [3.8, 4) is 0 Å². The Morgan fingerprint density at radius 1 is 1.57 bits per heavy atom. The predicted molar refractivity (Wildman–Crippen MR) is 60.9 cm³/mol. The van der Waals surface area contributed by atoms with Gasteiger partial charge in [0.1, 0.15) is 0 Å². The van der Waals surface area contributed by atoms with Gasteiger partial charge in [0, 0.05) is 9.99 Å². The topological polar surface area (TPSA) is 46.5 Å². The minimum Gasteiger partial charge on any atom is -0.432 e. The second-order valence-electron chi connectivity index (χ2n) is 2.75. The van der Waals surface area contributed by atoms with Crippen molar-refractivity contribution < 1.29 is 14.6 Å². The van der Waals surface area contributed by atoms with Crippen molar-refractivity contribution in [2.24, 2.45) is 0 Å². The van der Waals surface area contributed by atoms with Gasteiger partial charge in [-0.15, -0.1) is 0 Å². The minimum atomic E-state index is -1.02. The summed E-state index contributed by atoms with van der Waals surface area (Å²) < 4.78 is 5.60. The van der Waals surface area contributed by atoms with Gasteiger partial charge in [-0.2, -0.15) is 0 Å². The Morgan fingerprint density at radius 2 is 2.21 bits per heavy atom. The van der Waals surface area contributed by atoms with Crippen LogP contribution in [0.3, 0.4) is 0 Å². The maximum absolute atomic E-state index is 11.4. The third kappa shape index (κ3) is 2.95. The zero-order chi connectivity index (χ0) is 10.6. The van der Waals surface area contributed by atoms with E-state index < -0.39 is 12.3 Å². The first-order valence-corrected chi connectivity index (χ1v) is 5.36. The highest BCUT2D eigenvalue weighted by Gasteiger charge is 2.13. The SMILES string of the molecule is CCC(O)OC(=O)c1ccccc1I. The second-order valence-corrected chi connectivity index (χ2v) is 3.91. The summed E-state index contributed by atoms with van der Waals surface area (Å²) in [5.74, 6) is -0.482. The number of aliphatic hydroxyl groups is 1. The van der Waals surface area contributed by atoms with Crippen LogP contribution >= 0.6 is 22.6 Å². The summed E-state index contributed by atoms with van der Waals surface area (Å²) >= 11 is 2.05. The number of ether oxygens (including phenoxy) is 1. The molecule has 1 atom stereocenters. The van der Waals surface area contributed by atoms with E-state index in [0.717, 1.165) is 3.57 Å². The Labute approximate surface area is 96.2 Å². The molecule has 14 heavy (non-hydrogen) atoms. The van der Waals surface area contributed by atoms with Gasteiger partial charge < -0.3 is 9.84 Å². The second kappa shape index (κ2) is 5.31. The van der Waals surface area contributed by atoms with Crippen molar-refractivity contribution in [3.63, 3.8) is 0 Å². The average Bonchev–Trinajstić information content (AvgIpc) is 2.18. The van der Waals surface area contributed by atoms with Gasteiger partial charge in [0.05, 0.1) is 5.56 Å². The van der Waals surface area contributed by atoms with Crippen LogP contribution in [0.1, 0.15) is 23.7 Å². The number of halogens is 1. The first-order chi connectivity index (χ1) is 6.65. The molecule has 0 aliphatic rings. The molecule has 0 aliphatic carbocycles. The monoisotopic (exact) mass is 306 g/mol. The molecule has 1 N–H and O–H groups in total. The van der Waals surface area contributed by atoms with E-state index in [1.54, 1.807) is 19.1 Å². The predicted octanol–water partition coefficient (Wildman–Crippen LogP) is 2.18. The minimum absolute atomic E-state index is 0.398. The number of hydrogen-bond acceptors (Lipinski definition) is 3. The third-order valence-electron chi connectivity index (χ3n) is 1.69. The largest absolute Gasteiger partial charge is 0.432 e. The first kappa shape index (κ1) is 11.5. The van der Waals surface area contributed by atoms with Gasteiger partial charge in [-0.3, -0.25) is 0 Å². The van der Waals surface area contributed by atoms with Crippen LogP contribution in [0.4, 0.5) is 0 Å². The molecule has 1 unspecified atom stereocenters. The Morgan fingerprint density at radius 3 is 2.79 bits per heavy atom. The molecule has 1 rings (SSSR count). The summed E-state index contributed by atoms with van der Waals surface area (Å²) in [6.07, 6.45) is -0.617. The summed E-state index contributed by atoms with van der Waals surface area (Å²) in [5, 5.41) is 9.14. The zero-order valence-corrected chi connectivity index (χ0v) is 9.89. The van der Waals surface area contributed by atoms with Crippen LogP contribution in [-0.2, 0) is 4.74 Å². The molecular formula is C10H11IO3. The number of esters is 1. The maximum Gasteiger partial charge on any atom is 0.341 e. The molecule has 0 saturated carbocycles. The lowest BCUT2D eigenvalue weighted by Crippen LogP contribution is -2.17. The number of carbonyl (C=O) groups is 1. The van der Waals surface area contributed by atoms with E-state index in [0.29, 0.717) is 12.0 Å². The number of rotatable bonds is 3. The maximum atomic E-state index is 11.4. The van der Waals surface area contributed by atoms with Gasteiger partial charge in [-0.1, -0.05) is 19.1 Å². The van der Waals surface area contributed by atoms with Crippen molar-refractivity contribution in [1.29, 1.82) is 0 Å². The lowest BCUT2D eigenvalue weighted by Gasteiger charge is -2.10. The summed E-state index contributed by atoms with van der Waals surface area (Å²) in [5.41, 5.74) is 0.487. The molecule has 4 heteroatoms. The molecular weight excluding hydrogens is 295 g/mol. The number of carbonyl (C=O) groups excluding carboxylic acids is 1. The fourth-order valence-corrected chi connectivity index (χ4v) is 1.50. The molecule has 0 amide bonds. The molecule has 0 aliphatic heterocycles. The van der Waals surface area contributed by atoms with Crippen LogP contribution in [0, 0.1) is 3.57 Å². The number of benzene rings is 1. The van der Waals surface area contributed by atoms with Gasteiger partial charge in [0.2, 0.25) is 6.29 Å². The fraction of sp³-hybridized carbons (Fsp3) is 0.300. The molecule has 0 heterocycles. The van der Waals surface area contributed by atoms with Gasteiger partial charge in [0.25, 0.3) is 0 Å². The molecule has 0 bridgehead atoms. The summed E-state index contributed by atoms with van der Waals surface area (Å²) in [7, 11) is 0. The molecule has 0 fully saturated rings. The number of hydrogen-bond donors (Lipinski definition) is 1. The normalized spacial score (nSPS) is 12.2. The quantitative estimate of drug-likeness (QED) is 0.529. The van der Waals surface area contributed by atoms with Gasteiger partial charge in [-0.25, -0.2) is 4.79 Å². The smallest absolute Gasteiger partial charge is 0.341 e. The van der Waals surface area contributed by atoms with Gasteiger partial charge in [-0.05, 0) is 34.7 Å². The fourth-order valence-electron chi connectivity index (χ4n) is 0.897. The zero-order valence-electron chi connectivity index (χ0n) is 7.74. The van der Waals surface area contributed by atoms with Crippen molar-refractivity contribution in [2.45, 2.75) is 19.6 Å². The van der Waals surface area contributed by atoms with E-state index in [1.165, 1.54) is 0 Å². The Kier molecular flexibility index (Phi) is 4.34. The molecule has 0 saturated heterocycles. The molecule has 76 valence electrons. The van der Waals surface area contributed by atoms with E-state index in [-0.39, 0.29) is 0 Å². The highest BCUT2D eigenvalue weighted by molar-refractivity contribution is 14.1. The highest BCUT2D eigenvalue weighted by Crippen LogP contribution is 2.13. The molecule has 1 aromatic carbocycles. The average molecular weight is 306 g/mol. The number of aliphatic hydroxyl groups excluding tert-OH is 1. The van der Waals surface area contributed by atoms with E-state index in [9.17, 15) is 4.79 Å². The van der Waals surface area contributed by atoms with E-state index in [1.807, 2.05) is 12.1 Å². The lowest BCUT2D eigenvalue weighted by molar-refractivity contribution is -0.0657. The van der Waals surface area contributed by atoms with E-state index in [2.05, 4.69) is 22.6 Å². The van der Waals surface area contributed by atoms with Crippen LogP contribution < -0.4 is 0 Å². The Balaban J connectivity index is 2.75. The van der Waals surface area contributed by atoms with Crippen LogP contribution in [-0.4, -0.2) is 17.4 Å². The Hall–Kier alpha value is -0.620. The van der Waals surface area contributed by atoms with Crippen LogP contribution in [0.5, 0.6) is 0 Å². The molecule has 3 nitrogen and oxygen atoms in total. The van der Waals surface area contributed by atoms with E-state index >= 15 is 0 Å². The van der Waals surface area contributed by atoms with Crippen LogP contribution in [0.25, 0.3) is 0 Å². The van der Waals surface area contributed by atoms with Crippen LogP contribution in [0.15, 0.2) is 24.3 Å². The van der Waals surface area contributed by atoms with Gasteiger partial charge >= 0.3 is 5.97 Å². The standard InChI is InChI=1S/C10H11IO3/c1-2-9(12)14-10(13)7-5-3-4-6-8(7)11/h3-6,9,12H,2H2,1H3. The molecule has 0 spiro atoms. The van der Waals surface area contributed by atoms with Crippen LogP contribution in [0.2, 0.25) is 0 Å². The third-order valence-corrected chi connectivity index (χ3v) is 2.63. The summed E-state index contributed by atoms with van der Waals surface area (Å²) in [4.78, 5) is 11.4. The van der Waals surface area contributed by atoms with Crippen molar-refractivity contribution in [1.82, 2.24) is 0 Å². The van der Waals surface area contributed by atoms with Crippen molar-refractivity contribution in [2.75, 3.05) is 0 Å².